The molecular weight excluding hydrogens is 144 g/mol. The molecule has 0 aliphatic heterocycles. The first-order valence-corrected chi connectivity index (χ1v) is 4.23. The van der Waals surface area contributed by atoms with Crippen LogP contribution in [0.2, 0.25) is 0 Å². The summed E-state index contributed by atoms with van der Waals surface area (Å²) >= 11 is 0. The van der Waals surface area contributed by atoms with E-state index in [1.165, 1.54) is 0 Å². The van der Waals surface area contributed by atoms with E-state index < -0.39 is 21.7 Å². The van der Waals surface area contributed by atoms with Crippen LogP contribution in [0.3, 0.4) is 0 Å². The van der Waals surface area contributed by atoms with Crippen molar-refractivity contribution in [2.24, 2.45) is 0 Å². The summed E-state index contributed by atoms with van der Waals surface area (Å²) in [6.45, 7) is -0.637. The van der Waals surface area contributed by atoms with Crippen molar-refractivity contribution in [3.8, 4) is 0 Å². The van der Waals surface area contributed by atoms with Crippen molar-refractivity contribution >= 4 is 16.1 Å². The zero-order valence-electron chi connectivity index (χ0n) is 4.94. The van der Waals surface area contributed by atoms with Crippen molar-refractivity contribution in [1.29, 1.82) is 0 Å². The van der Waals surface area contributed by atoms with Gasteiger partial charge in [0, 0.05) is 6.26 Å². The van der Waals surface area contributed by atoms with E-state index in [4.69, 9.17) is 5.11 Å². The Bertz CT molecular complexity index is 181. The molecule has 5 heteroatoms. The average Bonchev–Trinajstić information content (AvgIpc) is 1.65. The summed E-state index contributed by atoms with van der Waals surface area (Å²) in [6.07, 6.45) is 1.12. The molecule has 0 spiro atoms. The highest BCUT2D eigenvalue weighted by Gasteiger charge is 2.17. The summed E-state index contributed by atoms with van der Waals surface area (Å²) in [5.41, 5.74) is 0. The Morgan fingerprint density at radius 1 is 1.67 bits per heavy atom. The zero-order chi connectivity index (χ0) is 7.49. The first kappa shape index (κ1) is 8.58. The molecule has 0 aromatic carbocycles. The Balaban J connectivity index is 4.32. The number of carbonyl (C=O) groups is 1. The molecule has 0 aromatic rings. The van der Waals surface area contributed by atoms with Crippen LogP contribution < -0.4 is 0 Å². The van der Waals surface area contributed by atoms with Gasteiger partial charge >= 0.3 is 0 Å². The van der Waals surface area contributed by atoms with Crippen LogP contribution in [0.1, 0.15) is 0 Å². The van der Waals surface area contributed by atoms with Gasteiger partial charge in [0.05, 0.1) is 6.61 Å². The third-order valence-electron chi connectivity index (χ3n) is 0.882. The third kappa shape index (κ3) is 2.57. The molecule has 4 nitrogen and oxygen atoms in total. The molecule has 0 saturated heterocycles. The maximum absolute atomic E-state index is 10.4. The maximum Gasteiger partial charge on any atom is 0.159 e. The Morgan fingerprint density at radius 3 is 2.11 bits per heavy atom. The highest BCUT2D eigenvalue weighted by molar-refractivity contribution is 7.92. The maximum atomic E-state index is 10.4. The van der Waals surface area contributed by atoms with Gasteiger partial charge in [0.1, 0.15) is 11.5 Å². The standard InChI is InChI=1S/C4H8O4S/c1-9(7,8)4(2-5)3-6/h2,4,6H,3H2,1H3. The molecule has 0 aliphatic carbocycles. The first-order valence-electron chi connectivity index (χ1n) is 2.27. The molecule has 0 radical (unpaired) electrons. The van der Waals surface area contributed by atoms with Gasteiger partial charge in [-0.05, 0) is 0 Å². The van der Waals surface area contributed by atoms with Gasteiger partial charge in [-0.3, -0.25) is 0 Å². The molecule has 0 rings (SSSR count). The number of rotatable bonds is 3. The van der Waals surface area contributed by atoms with E-state index in [2.05, 4.69) is 0 Å². The van der Waals surface area contributed by atoms with Crippen LogP contribution in [0.5, 0.6) is 0 Å². The number of aliphatic hydroxyl groups excluding tert-OH is 1. The lowest BCUT2D eigenvalue weighted by Crippen LogP contribution is -2.25. The van der Waals surface area contributed by atoms with Crippen LogP contribution in [-0.4, -0.2) is 37.9 Å². The second-order valence-corrected chi connectivity index (χ2v) is 3.95. The van der Waals surface area contributed by atoms with E-state index in [0.29, 0.717) is 0 Å². The lowest BCUT2D eigenvalue weighted by Gasteiger charge is -2.00. The number of sulfone groups is 1. The minimum atomic E-state index is -3.38. The molecule has 0 aliphatic rings. The highest BCUT2D eigenvalue weighted by atomic mass is 32.2. The van der Waals surface area contributed by atoms with E-state index in [1.807, 2.05) is 0 Å². The number of aliphatic hydroxyl groups is 1. The van der Waals surface area contributed by atoms with Crippen molar-refractivity contribution in [2.45, 2.75) is 5.25 Å². The van der Waals surface area contributed by atoms with Gasteiger partial charge in [0.15, 0.2) is 9.84 Å². The van der Waals surface area contributed by atoms with Crippen molar-refractivity contribution in [3.05, 3.63) is 0 Å². The summed E-state index contributed by atoms with van der Waals surface area (Å²) < 4.78 is 20.8. The van der Waals surface area contributed by atoms with Crippen LogP contribution in [0.4, 0.5) is 0 Å². The normalized spacial score (nSPS) is 14.9. The SMILES string of the molecule is CS(=O)(=O)C(C=O)CO. The topological polar surface area (TPSA) is 71.4 Å². The zero-order valence-corrected chi connectivity index (χ0v) is 5.76. The van der Waals surface area contributed by atoms with Gasteiger partial charge in [0.25, 0.3) is 0 Å². The fourth-order valence-corrected chi connectivity index (χ4v) is 0.752. The second-order valence-electron chi connectivity index (χ2n) is 1.69. The number of hydrogen-bond donors (Lipinski definition) is 1. The van der Waals surface area contributed by atoms with E-state index in [0.717, 1.165) is 6.26 Å². The summed E-state index contributed by atoms with van der Waals surface area (Å²) in [5.74, 6) is 0. The fourth-order valence-electron chi connectivity index (χ4n) is 0.279. The van der Waals surface area contributed by atoms with E-state index >= 15 is 0 Å². The Hall–Kier alpha value is -0.420. The Morgan fingerprint density at radius 2 is 2.11 bits per heavy atom. The molecule has 0 fully saturated rings. The molecule has 54 valence electrons. The van der Waals surface area contributed by atoms with Gasteiger partial charge in [-0.25, -0.2) is 8.42 Å². The van der Waals surface area contributed by atoms with Crippen LogP contribution in [-0.2, 0) is 14.6 Å². The van der Waals surface area contributed by atoms with Crippen LogP contribution in [0.25, 0.3) is 0 Å². The molecule has 1 unspecified atom stereocenters. The van der Waals surface area contributed by atoms with E-state index in [9.17, 15) is 13.2 Å². The third-order valence-corrected chi connectivity index (χ3v) is 2.24. The Kier molecular flexibility index (Phi) is 2.80. The van der Waals surface area contributed by atoms with Crippen molar-refractivity contribution in [1.82, 2.24) is 0 Å². The summed E-state index contributed by atoms with van der Waals surface area (Å²) in [7, 11) is -3.38. The molecule has 0 heterocycles. The van der Waals surface area contributed by atoms with Crippen LogP contribution in [0, 0.1) is 0 Å². The number of aldehydes is 1. The molecule has 0 saturated carbocycles. The monoisotopic (exact) mass is 152 g/mol. The summed E-state index contributed by atoms with van der Waals surface area (Å²) in [4.78, 5) is 9.84. The second kappa shape index (κ2) is 2.93. The van der Waals surface area contributed by atoms with E-state index in [-0.39, 0.29) is 6.29 Å². The molecule has 9 heavy (non-hydrogen) atoms. The van der Waals surface area contributed by atoms with Crippen molar-refractivity contribution < 1.29 is 18.3 Å². The van der Waals surface area contributed by atoms with Gasteiger partial charge in [-0.1, -0.05) is 0 Å². The van der Waals surface area contributed by atoms with E-state index in [1.54, 1.807) is 0 Å². The molecule has 0 amide bonds. The molecule has 1 atom stereocenters. The summed E-state index contributed by atoms with van der Waals surface area (Å²) in [5, 5.41) is 7.00. The number of hydrogen-bond acceptors (Lipinski definition) is 4. The van der Waals surface area contributed by atoms with Crippen molar-refractivity contribution in [2.75, 3.05) is 12.9 Å². The van der Waals surface area contributed by atoms with Crippen LogP contribution in [0.15, 0.2) is 0 Å². The molecule has 1 N–H and O–H groups in total. The minimum Gasteiger partial charge on any atom is -0.395 e. The minimum absolute atomic E-state index is 0.218. The van der Waals surface area contributed by atoms with Gasteiger partial charge < -0.3 is 9.90 Å². The highest BCUT2D eigenvalue weighted by Crippen LogP contribution is 1.92. The number of carbonyl (C=O) groups excluding carboxylic acids is 1. The first-order chi connectivity index (χ1) is 4.02. The Labute approximate surface area is 53.4 Å². The van der Waals surface area contributed by atoms with Gasteiger partial charge in [0.2, 0.25) is 0 Å². The molecule has 0 bridgehead atoms. The van der Waals surface area contributed by atoms with Crippen molar-refractivity contribution in [3.63, 3.8) is 0 Å². The predicted molar refractivity (Wildman–Crippen MR) is 31.8 cm³/mol. The fraction of sp³-hybridized carbons (Fsp3) is 0.750. The molecular formula is C4H8O4S. The van der Waals surface area contributed by atoms with Crippen LogP contribution >= 0.6 is 0 Å². The summed E-state index contributed by atoms with van der Waals surface area (Å²) in [6, 6.07) is 0. The lowest BCUT2D eigenvalue weighted by atomic mass is 10.5. The lowest BCUT2D eigenvalue weighted by molar-refractivity contribution is -0.108. The van der Waals surface area contributed by atoms with Gasteiger partial charge in [-0.2, -0.15) is 0 Å². The average molecular weight is 152 g/mol. The molecule has 0 aromatic heterocycles. The quantitative estimate of drug-likeness (QED) is 0.504. The smallest absolute Gasteiger partial charge is 0.159 e. The van der Waals surface area contributed by atoms with Gasteiger partial charge in [-0.15, -0.1) is 0 Å². The largest absolute Gasteiger partial charge is 0.395 e. The predicted octanol–water partition coefficient (Wildman–Crippen LogP) is -1.41.